The number of hydrogen-bond donors (Lipinski definition) is 2. The molecule has 2 rings (SSSR count). The monoisotopic (exact) mass is 369 g/mol. The van der Waals surface area contributed by atoms with Crippen LogP contribution in [0.1, 0.15) is 56.1 Å². The number of halogens is 1. The van der Waals surface area contributed by atoms with E-state index in [2.05, 4.69) is 33.2 Å². The van der Waals surface area contributed by atoms with Gasteiger partial charge in [0.15, 0.2) is 0 Å². The van der Waals surface area contributed by atoms with Gasteiger partial charge < -0.3 is 15.1 Å². The molecular weight excluding hydrogens is 346 g/mol. The van der Waals surface area contributed by atoms with E-state index in [1.807, 2.05) is 6.07 Å². The van der Waals surface area contributed by atoms with Crippen LogP contribution in [0.5, 0.6) is 5.75 Å². The van der Waals surface area contributed by atoms with Gasteiger partial charge in [0.05, 0.1) is 11.8 Å². The summed E-state index contributed by atoms with van der Waals surface area (Å²) in [4.78, 5) is 0. The van der Waals surface area contributed by atoms with Crippen LogP contribution in [0, 0.1) is 0 Å². The molecule has 22 heavy (non-hydrogen) atoms. The second-order valence-electron chi connectivity index (χ2n) is 5.90. The fraction of sp³-hybridized carbons (Fsp3) is 0.588. The molecule has 4 nitrogen and oxygen atoms in total. The first-order chi connectivity index (χ1) is 10.7. The number of nitrogens with zero attached hydrogens (tertiary/aromatic N) is 1. The number of ether oxygens (including phenoxy) is 1. The normalized spacial score (nSPS) is 18.2. The summed E-state index contributed by atoms with van der Waals surface area (Å²) in [5.41, 5.74) is 2.61. The molecule has 0 radical (unpaired) electrons. The fourth-order valence-corrected chi connectivity index (χ4v) is 3.12. The van der Waals surface area contributed by atoms with Gasteiger partial charge in [-0.3, -0.25) is 0 Å². The highest BCUT2D eigenvalue weighted by atomic mass is 79.9. The van der Waals surface area contributed by atoms with Gasteiger partial charge in [0.25, 0.3) is 0 Å². The topological polar surface area (TPSA) is 62.1 Å². The predicted molar refractivity (Wildman–Crippen MR) is 91.6 cm³/mol. The van der Waals surface area contributed by atoms with Gasteiger partial charge in [0.2, 0.25) is 0 Å². The van der Waals surface area contributed by atoms with E-state index in [-0.39, 0.29) is 6.61 Å². The lowest BCUT2D eigenvalue weighted by Crippen LogP contribution is -2.19. The zero-order chi connectivity index (χ0) is 15.9. The first-order valence-electron chi connectivity index (χ1n) is 7.85. The van der Waals surface area contributed by atoms with E-state index in [1.165, 1.54) is 37.7 Å². The molecule has 1 aromatic rings. The van der Waals surface area contributed by atoms with E-state index in [1.54, 1.807) is 6.92 Å². The van der Waals surface area contributed by atoms with Crippen molar-refractivity contribution in [1.82, 2.24) is 0 Å². The largest absolute Gasteiger partial charge is 0.490 e. The number of aliphatic hydroxyl groups excluding tert-OH is 1. The summed E-state index contributed by atoms with van der Waals surface area (Å²) in [7, 11) is 0. The van der Waals surface area contributed by atoms with Gasteiger partial charge >= 0.3 is 0 Å². The summed E-state index contributed by atoms with van der Waals surface area (Å²) in [6, 6.07) is 6.09. The molecule has 0 spiro atoms. The fourth-order valence-electron chi connectivity index (χ4n) is 2.93. The van der Waals surface area contributed by atoms with Crippen molar-refractivity contribution in [2.45, 2.75) is 51.0 Å². The van der Waals surface area contributed by atoms with Crippen molar-refractivity contribution in [2.24, 2.45) is 5.16 Å². The Labute approximate surface area is 140 Å². The highest BCUT2D eigenvalue weighted by molar-refractivity contribution is 9.09. The van der Waals surface area contributed by atoms with Crippen LogP contribution in [0.25, 0.3) is 0 Å². The van der Waals surface area contributed by atoms with Crippen LogP contribution in [0.4, 0.5) is 0 Å². The van der Waals surface area contributed by atoms with Crippen molar-refractivity contribution in [3.63, 3.8) is 0 Å². The van der Waals surface area contributed by atoms with Gasteiger partial charge in [-0.05, 0) is 43.4 Å². The third-order valence-corrected chi connectivity index (χ3v) is 4.98. The minimum atomic E-state index is -0.558. The third-order valence-electron chi connectivity index (χ3n) is 4.23. The number of hydrogen-bond acceptors (Lipinski definition) is 4. The summed E-state index contributed by atoms with van der Waals surface area (Å²) in [5.74, 6) is 1.23. The Morgan fingerprint density at radius 1 is 1.36 bits per heavy atom. The second kappa shape index (κ2) is 8.53. The molecule has 1 aliphatic carbocycles. The molecule has 2 N–H and O–H groups in total. The van der Waals surface area contributed by atoms with Crippen molar-refractivity contribution in [2.75, 3.05) is 11.9 Å². The molecule has 1 atom stereocenters. The molecule has 1 saturated carbocycles. The maximum atomic E-state index is 9.61. The van der Waals surface area contributed by atoms with Gasteiger partial charge in [-0.15, -0.1) is 0 Å². The summed E-state index contributed by atoms with van der Waals surface area (Å²) >= 11 is 3.22. The molecule has 0 unspecified atom stereocenters. The molecule has 0 amide bonds. The van der Waals surface area contributed by atoms with E-state index in [4.69, 9.17) is 9.94 Å². The van der Waals surface area contributed by atoms with Gasteiger partial charge in [-0.1, -0.05) is 46.4 Å². The average molecular weight is 370 g/mol. The van der Waals surface area contributed by atoms with E-state index in [0.29, 0.717) is 22.7 Å². The van der Waals surface area contributed by atoms with Crippen LogP contribution in [0.15, 0.2) is 23.4 Å². The molecular formula is C17H24BrNO3. The lowest BCUT2D eigenvalue weighted by Gasteiger charge is -2.23. The SMILES string of the molecule is C/C(=N/O)c1cc(C2CCCCC2)ccc1OC[C@@H](O)CBr. The Morgan fingerprint density at radius 3 is 2.73 bits per heavy atom. The van der Waals surface area contributed by atoms with Crippen LogP contribution in [-0.2, 0) is 0 Å². The highest BCUT2D eigenvalue weighted by Crippen LogP contribution is 2.34. The molecule has 0 bridgehead atoms. The van der Waals surface area contributed by atoms with Crippen molar-refractivity contribution in [3.8, 4) is 5.75 Å². The van der Waals surface area contributed by atoms with E-state index in [0.717, 1.165) is 5.56 Å². The first kappa shape index (κ1) is 17.3. The Kier molecular flexibility index (Phi) is 6.70. The van der Waals surface area contributed by atoms with Crippen LogP contribution in [0.2, 0.25) is 0 Å². The molecule has 1 aromatic carbocycles. The third kappa shape index (κ3) is 4.46. The van der Waals surface area contributed by atoms with Gasteiger partial charge in [0, 0.05) is 10.9 Å². The quantitative estimate of drug-likeness (QED) is 0.344. The summed E-state index contributed by atoms with van der Waals surface area (Å²) in [6.45, 7) is 1.97. The highest BCUT2D eigenvalue weighted by Gasteiger charge is 2.18. The number of benzene rings is 1. The lowest BCUT2D eigenvalue weighted by molar-refractivity contribution is 0.127. The summed E-state index contributed by atoms with van der Waals surface area (Å²) < 4.78 is 5.68. The van der Waals surface area contributed by atoms with E-state index < -0.39 is 6.10 Å². The van der Waals surface area contributed by atoms with Crippen molar-refractivity contribution >= 4 is 21.6 Å². The van der Waals surface area contributed by atoms with Crippen molar-refractivity contribution in [1.29, 1.82) is 0 Å². The smallest absolute Gasteiger partial charge is 0.128 e. The van der Waals surface area contributed by atoms with E-state index in [9.17, 15) is 5.11 Å². The minimum Gasteiger partial charge on any atom is -0.490 e. The molecule has 1 fully saturated rings. The number of rotatable bonds is 6. The average Bonchev–Trinajstić information content (AvgIpc) is 2.59. The van der Waals surface area contributed by atoms with Gasteiger partial charge in [0.1, 0.15) is 12.4 Å². The molecule has 0 saturated heterocycles. The molecule has 0 aliphatic heterocycles. The molecule has 0 heterocycles. The zero-order valence-corrected chi connectivity index (χ0v) is 14.6. The summed E-state index contributed by atoms with van der Waals surface area (Å²) in [5, 5.41) is 22.5. The number of alkyl halides is 1. The number of aliphatic hydroxyl groups is 1. The van der Waals surface area contributed by atoms with Crippen LogP contribution < -0.4 is 4.74 Å². The van der Waals surface area contributed by atoms with Crippen molar-refractivity contribution in [3.05, 3.63) is 29.3 Å². The standard InChI is InChI=1S/C17H24BrNO3/c1-12(19-21)16-9-14(13-5-3-2-4-6-13)7-8-17(16)22-11-15(20)10-18/h7-9,13,15,20-21H,2-6,10-11H2,1H3/b19-12-/t15-/m0/s1. The first-order valence-corrected chi connectivity index (χ1v) is 8.97. The maximum absolute atomic E-state index is 9.61. The molecule has 0 aromatic heterocycles. The van der Waals surface area contributed by atoms with E-state index >= 15 is 0 Å². The van der Waals surface area contributed by atoms with Crippen LogP contribution >= 0.6 is 15.9 Å². The predicted octanol–water partition coefficient (Wildman–Crippen LogP) is 4.07. The Balaban J connectivity index is 2.22. The maximum Gasteiger partial charge on any atom is 0.128 e. The molecule has 5 heteroatoms. The minimum absolute atomic E-state index is 0.208. The Morgan fingerprint density at radius 2 is 2.09 bits per heavy atom. The summed E-state index contributed by atoms with van der Waals surface area (Å²) in [6.07, 6.45) is 5.77. The van der Waals surface area contributed by atoms with Crippen LogP contribution in [-0.4, -0.2) is 34.1 Å². The van der Waals surface area contributed by atoms with Gasteiger partial charge in [-0.2, -0.15) is 0 Å². The molecule has 122 valence electrons. The Hall–Kier alpha value is -1.07. The number of oxime groups is 1. The van der Waals surface area contributed by atoms with Crippen LogP contribution in [0.3, 0.4) is 0 Å². The molecule has 1 aliphatic rings. The zero-order valence-electron chi connectivity index (χ0n) is 13.0. The Bertz CT molecular complexity index is 513. The lowest BCUT2D eigenvalue weighted by atomic mass is 9.83. The van der Waals surface area contributed by atoms with Gasteiger partial charge in [-0.25, -0.2) is 0 Å². The van der Waals surface area contributed by atoms with Crippen molar-refractivity contribution < 1.29 is 15.1 Å². The second-order valence-corrected chi connectivity index (χ2v) is 6.54.